The molecule has 2 heterocycles. The summed E-state index contributed by atoms with van der Waals surface area (Å²) in [4.78, 5) is 13.1. The number of allylic oxidation sites excluding steroid dienone is 3. The van der Waals surface area contributed by atoms with Crippen LogP contribution in [0, 0.1) is 0 Å². The Kier molecular flexibility index (Phi) is 2.33. The first-order valence-electron chi connectivity index (χ1n) is 6.83. The number of nitrogens with two attached hydrogens (primary N) is 1. The van der Waals surface area contributed by atoms with E-state index in [1.807, 2.05) is 17.0 Å². The maximum absolute atomic E-state index is 5.84. The molecule has 0 spiro atoms. The molecule has 0 bridgehead atoms. The highest BCUT2D eigenvalue weighted by molar-refractivity contribution is 5.84. The van der Waals surface area contributed by atoms with Crippen LogP contribution in [0.15, 0.2) is 30.6 Å². The first-order valence-corrected chi connectivity index (χ1v) is 6.83. The predicted molar refractivity (Wildman–Crippen MR) is 78.3 cm³/mol. The molecule has 0 aromatic carbocycles. The summed E-state index contributed by atoms with van der Waals surface area (Å²) in [6, 6.07) is 0.722. The van der Waals surface area contributed by atoms with Gasteiger partial charge in [0.25, 0.3) is 0 Å². The maximum atomic E-state index is 5.84. The Morgan fingerprint density at radius 1 is 1.35 bits per heavy atom. The second-order valence-electron chi connectivity index (χ2n) is 5.46. The van der Waals surface area contributed by atoms with Gasteiger partial charge in [-0.3, -0.25) is 0 Å². The van der Waals surface area contributed by atoms with E-state index in [1.165, 1.54) is 12.8 Å². The number of aromatic nitrogens is 4. The fraction of sp³-hybridized carbons (Fsp3) is 0.357. The van der Waals surface area contributed by atoms with Crippen molar-refractivity contribution < 1.29 is 0 Å². The highest BCUT2D eigenvalue weighted by Gasteiger charge is 2.25. The molecule has 1 atom stereocenters. The van der Waals surface area contributed by atoms with Crippen molar-refractivity contribution in [2.24, 2.45) is 0 Å². The molecule has 6 nitrogen and oxygen atoms in total. The summed E-state index contributed by atoms with van der Waals surface area (Å²) in [7, 11) is 0. The topological polar surface area (TPSA) is 81.7 Å². The first-order chi connectivity index (χ1) is 9.70. The van der Waals surface area contributed by atoms with Crippen LogP contribution in [-0.2, 0) is 0 Å². The standard InChI is InChI=1S/C14H16N6/c1-8-2-5-10(6-8)20-7-16-11-12(17-9-3-4-9)18-14(15)19-13(11)20/h2,5,7,9-10H,1,3-4,6H2,(H3,15,17,18,19)/t10-/m0/s1. The van der Waals surface area contributed by atoms with E-state index < -0.39 is 0 Å². The van der Waals surface area contributed by atoms with Gasteiger partial charge in [0, 0.05) is 6.04 Å². The van der Waals surface area contributed by atoms with Crippen molar-refractivity contribution in [3.05, 3.63) is 30.6 Å². The quantitative estimate of drug-likeness (QED) is 0.890. The summed E-state index contributed by atoms with van der Waals surface area (Å²) < 4.78 is 2.04. The van der Waals surface area contributed by atoms with Crippen molar-refractivity contribution in [3.63, 3.8) is 0 Å². The van der Waals surface area contributed by atoms with Gasteiger partial charge in [-0.25, -0.2) is 4.98 Å². The third kappa shape index (κ3) is 1.84. The number of imidazole rings is 1. The summed E-state index contributed by atoms with van der Waals surface area (Å²) in [5, 5.41) is 3.37. The third-order valence-corrected chi connectivity index (χ3v) is 3.74. The molecule has 102 valence electrons. The van der Waals surface area contributed by atoms with Crippen LogP contribution in [0.1, 0.15) is 25.3 Å². The van der Waals surface area contributed by atoms with Gasteiger partial charge in [-0.15, -0.1) is 0 Å². The van der Waals surface area contributed by atoms with Gasteiger partial charge < -0.3 is 15.6 Å². The van der Waals surface area contributed by atoms with E-state index in [0.29, 0.717) is 6.04 Å². The first kappa shape index (κ1) is 11.5. The minimum atomic E-state index is 0.218. The molecule has 0 radical (unpaired) electrons. The van der Waals surface area contributed by atoms with Crippen molar-refractivity contribution in [1.29, 1.82) is 0 Å². The van der Waals surface area contributed by atoms with Crippen molar-refractivity contribution in [3.8, 4) is 0 Å². The number of nitrogen functional groups attached to an aromatic ring is 1. The lowest BCUT2D eigenvalue weighted by molar-refractivity contribution is 0.634. The van der Waals surface area contributed by atoms with Crippen LogP contribution in [0.4, 0.5) is 11.8 Å². The SMILES string of the molecule is C=C1C=C[C@H](n2cnc3c(NC4CC4)nc(N)nc32)C1. The number of nitrogens with one attached hydrogen (secondary N) is 1. The van der Waals surface area contributed by atoms with Crippen LogP contribution < -0.4 is 11.1 Å². The van der Waals surface area contributed by atoms with Crippen molar-refractivity contribution in [1.82, 2.24) is 19.5 Å². The normalized spacial score (nSPS) is 21.8. The van der Waals surface area contributed by atoms with Crippen LogP contribution in [0.5, 0.6) is 0 Å². The Morgan fingerprint density at radius 3 is 2.90 bits per heavy atom. The predicted octanol–water partition coefficient (Wildman–Crippen LogP) is 2.04. The van der Waals surface area contributed by atoms with Crippen molar-refractivity contribution >= 4 is 22.9 Å². The van der Waals surface area contributed by atoms with Crippen LogP contribution in [0.3, 0.4) is 0 Å². The molecule has 2 aromatic heterocycles. The van der Waals surface area contributed by atoms with Gasteiger partial charge in [0.2, 0.25) is 5.95 Å². The zero-order valence-corrected chi connectivity index (χ0v) is 11.1. The Balaban J connectivity index is 1.81. The average Bonchev–Trinajstić information content (AvgIpc) is 2.95. The molecule has 2 aliphatic rings. The summed E-state index contributed by atoms with van der Waals surface area (Å²) in [6.07, 6.45) is 9.22. The smallest absolute Gasteiger partial charge is 0.224 e. The van der Waals surface area contributed by atoms with E-state index >= 15 is 0 Å². The van der Waals surface area contributed by atoms with Crippen LogP contribution >= 0.6 is 0 Å². The highest BCUT2D eigenvalue weighted by atomic mass is 15.2. The number of fused-ring (bicyclic) bond motifs is 1. The summed E-state index contributed by atoms with van der Waals surface area (Å²) in [5.74, 6) is 1.03. The zero-order chi connectivity index (χ0) is 13.7. The Bertz CT molecular complexity index is 725. The summed E-state index contributed by atoms with van der Waals surface area (Å²) in [5.41, 5.74) is 8.53. The Hall–Kier alpha value is -2.37. The molecule has 3 N–H and O–H groups in total. The Morgan fingerprint density at radius 2 is 2.20 bits per heavy atom. The number of hydrogen-bond acceptors (Lipinski definition) is 5. The molecule has 0 unspecified atom stereocenters. The van der Waals surface area contributed by atoms with Gasteiger partial charge in [-0.1, -0.05) is 24.3 Å². The minimum absolute atomic E-state index is 0.218. The molecule has 0 aliphatic heterocycles. The van der Waals surface area contributed by atoms with Gasteiger partial charge >= 0.3 is 0 Å². The van der Waals surface area contributed by atoms with Crippen molar-refractivity contribution in [2.75, 3.05) is 11.1 Å². The second kappa shape index (κ2) is 4.06. The second-order valence-corrected chi connectivity index (χ2v) is 5.46. The summed E-state index contributed by atoms with van der Waals surface area (Å²) in [6.45, 7) is 3.99. The lowest BCUT2D eigenvalue weighted by atomic mass is 10.2. The fourth-order valence-corrected chi connectivity index (χ4v) is 2.54. The van der Waals surface area contributed by atoms with E-state index in [0.717, 1.165) is 29.0 Å². The molecule has 1 fully saturated rings. The molecule has 6 heteroatoms. The van der Waals surface area contributed by atoms with Crippen LogP contribution in [0.2, 0.25) is 0 Å². The van der Waals surface area contributed by atoms with Crippen molar-refractivity contribution in [2.45, 2.75) is 31.3 Å². The van der Waals surface area contributed by atoms with Gasteiger partial charge in [-0.2, -0.15) is 9.97 Å². The molecule has 20 heavy (non-hydrogen) atoms. The average molecular weight is 268 g/mol. The molecular formula is C14H16N6. The van der Waals surface area contributed by atoms with Gasteiger partial charge in [0.15, 0.2) is 17.0 Å². The van der Waals surface area contributed by atoms with Crippen LogP contribution in [0.25, 0.3) is 11.2 Å². The van der Waals surface area contributed by atoms with Gasteiger partial charge in [-0.05, 0) is 19.3 Å². The molecule has 1 saturated carbocycles. The lowest BCUT2D eigenvalue weighted by Crippen LogP contribution is -2.09. The van der Waals surface area contributed by atoms with E-state index in [1.54, 1.807) is 0 Å². The van der Waals surface area contributed by atoms with Crippen LogP contribution in [-0.4, -0.2) is 25.6 Å². The molecule has 4 rings (SSSR count). The molecule has 2 aromatic rings. The fourth-order valence-electron chi connectivity index (χ4n) is 2.54. The van der Waals surface area contributed by atoms with Gasteiger partial charge in [0.05, 0.1) is 12.4 Å². The number of anilines is 2. The number of hydrogen-bond donors (Lipinski definition) is 2. The molecular weight excluding hydrogens is 252 g/mol. The monoisotopic (exact) mass is 268 g/mol. The van der Waals surface area contributed by atoms with E-state index in [9.17, 15) is 0 Å². The third-order valence-electron chi connectivity index (χ3n) is 3.74. The van der Waals surface area contributed by atoms with E-state index in [2.05, 4.69) is 32.9 Å². The van der Waals surface area contributed by atoms with E-state index in [-0.39, 0.29) is 12.0 Å². The highest BCUT2D eigenvalue weighted by Crippen LogP contribution is 2.32. The largest absolute Gasteiger partial charge is 0.368 e. The maximum Gasteiger partial charge on any atom is 0.224 e. The lowest BCUT2D eigenvalue weighted by Gasteiger charge is -2.11. The number of nitrogens with zero attached hydrogens (tertiary/aromatic N) is 4. The van der Waals surface area contributed by atoms with E-state index in [4.69, 9.17) is 5.73 Å². The number of rotatable bonds is 3. The zero-order valence-electron chi connectivity index (χ0n) is 11.1. The summed E-state index contributed by atoms with van der Waals surface area (Å²) >= 11 is 0. The Labute approximate surface area is 116 Å². The molecule has 2 aliphatic carbocycles. The molecule has 0 saturated heterocycles. The van der Waals surface area contributed by atoms with Gasteiger partial charge in [0.1, 0.15) is 0 Å². The minimum Gasteiger partial charge on any atom is -0.368 e. The molecule has 0 amide bonds.